The molecule has 0 aliphatic carbocycles. The van der Waals surface area contributed by atoms with Gasteiger partial charge in [-0.1, -0.05) is 44.2 Å². The summed E-state index contributed by atoms with van der Waals surface area (Å²) >= 11 is 0. The van der Waals surface area contributed by atoms with Crippen LogP contribution in [0.4, 0.5) is 22.7 Å². The minimum atomic E-state index is -1.55. The van der Waals surface area contributed by atoms with Crippen LogP contribution in [0.1, 0.15) is 29.8 Å². The molecule has 3 aromatic carbocycles. The van der Waals surface area contributed by atoms with Crippen molar-refractivity contribution in [3.8, 4) is 0 Å². The van der Waals surface area contributed by atoms with E-state index in [1.54, 1.807) is 24.3 Å². The SMILES string of the molecule is CC(C)NCC(O)Cc1ccc(N=Nc2c([N+](=O)[O-])cc(C(=O)O)cc2[N+](=O)[O-])c2ccccc12. The van der Waals surface area contributed by atoms with Crippen molar-refractivity contribution in [1.82, 2.24) is 5.32 Å². The maximum Gasteiger partial charge on any atom is 0.336 e. The third-order valence-electron chi connectivity index (χ3n) is 5.18. The Kier molecular flexibility index (Phi) is 7.79. The number of hydrogen-bond donors (Lipinski definition) is 3. The number of nitrogens with zero attached hydrogens (tertiary/aromatic N) is 4. The highest BCUT2D eigenvalue weighted by atomic mass is 16.6. The van der Waals surface area contributed by atoms with Crippen molar-refractivity contribution >= 4 is 39.5 Å². The van der Waals surface area contributed by atoms with Crippen LogP contribution in [0.3, 0.4) is 0 Å². The summed E-state index contributed by atoms with van der Waals surface area (Å²) in [5, 5.41) is 54.9. The number of nitro groups is 2. The average Bonchev–Trinajstić information content (AvgIpc) is 2.81. The van der Waals surface area contributed by atoms with Gasteiger partial charge >= 0.3 is 17.3 Å². The second kappa shape index (κ2) is 10.8. The van der Waals surface area contributed by atoms with Gasteiger partial charge in [0.15, 0.2) is 0 Å². The maximum atomic E-state index is 11.5. The quantitative estimate of drug-likeness (QED) is 0.212. The van der Waals surface area contributed by atoms with Crippen LogP contribution in [-0.2, 0) is 6.42 Å². The van der Waals surface area contributed by atoms with E-state index < -0.39 is 44.5 Å². The number of rotatable bonds is 10. The van der Waals surface area contributed by atoms with Crippen LogP contribution >= 0.6 is 0 Å². The van der Waals surface area contributed by atoms with Crippen molar-refractivity contribution in [3.05, 3.63) is 79.9 Å². The van der Waals surface area contributed by atoms with Gasteiger partial charge in [0.25, 0.3) is 0 Å². The first kappa shape index (κ1) is 25.3. The molecule has 3 N–H and O–H groups in total. The molecular formula is C23H23N5O7. The molecule has 1 atom stereocenters. The lowest BCUT2D eigenvalue weighted by atomic mass is 9.98. The number of nitro benzene ring substituents is 2. The highest BCUT2D eigenvalue weighted by Gasteiger charge is 2.29. The van der Waals surface area contributed by atoms with Crippen LogP contribution in [0.25, 0.3) is 10.8 Å². The van der Waals surface area contributed by atoms with Crippen molar-refractivity contribution in [2.45, 2.75) is 32.4 Å². The number of nitrogens with one attached hydrogen (secondary N) is 1. The molecule has 0 bridgehead atoms. The molecule has 182 valence electrons. The van der Waals surface area contributed by atoms with Gasteiger partial charge in [0, 0.05) is 36.5 Å². The summed E-state index contributed by atoms with van der Waals surface area (Å²) < 4.78 is 0. The van der Waals surface area contributed by atoms with E-state index in [-0.39, 0.29) is 6.04 Å². The zero-order valence-electron chi connectivity index (χ0n) is 18.9. The van der Waals surface area contributed by atoms with Crippen molar-refractivity contribution in [3.63, 3.8) is 0 Å². The van der Waals surface area contributed by atoms with Gasteiger partial charge in [-0.2, -0.15) is 0 Å². The zero-order chi connectivity index (χ0) is 25.7. The van der Waals surface area contributed by atoms with Gasteiger partial charge in [-0.25, -0.2) is 4.79 Å². The van der Waals surface area contributed by atoms with Gasteiger partial charge < -0.3 is 15.5 Å². The lowest BCUT2D eigenvalue weighted by Crippen LogP contribution is -2.33. The fourth-order valence-electron chi connectivity index (χ4n) is 3.52. The Bertz CT molecular complexity index is 1290. The predicted molar refractivity (Wildman–Crippen MR) is 128 cm³/mol. The average molecular weight is 481 g/mol. The summed E-state index contributed by atoms with van der Waals surface area (Å²) in [5.74, 6) is -1.55. The fourth-order valence-corrected chi connectivity index (χ4v) is 3.52. The third kappa shape index (κ3) is 5.99. The lowest BCUT2D eigenvalue weighted by Gasteiger charge is -2.15. The molecule has 0 heterocycles. The van der Waals surface area contributed by atoms with Crippen LogP contribution in [0.5, 0.6) is 0 Å². The molecular weight excluding hydrogens is 458 g/mol. The monoisotopic (exact) mass is 481 g/mol. The van der Waals surface area contributed by atoms with Crippen LogP contribution < -0.4 is 5.32 Å². The summed E-state index contributed by atoms with van der Waals surface area (Å²) in [4.78, 5) is 32.4. The molecule has 1 unspecified atom stereocenters. The first-order chi connectivity index (χ1) is 16.6. The van der Waals surface area contributed by atoms with Crippen LogP contribution in [0, 0.1) is 20.2 Å². The number of fused-ring (bicyclic) bond motifs is 1. The van der Waals surface area contributed by atoms with Crippen LogP contribution in [-0.4, -0.2) is 44.7 Å². The standard InChI is InChI=1S/C23H23N5O7/c1-13(2)24-12-16(29)9-14-7-8-19(18-6-4-3-5-17(14)18)25-26-22-20(27(32)33)10-15(23(30)31)11-21(22)28(34)35/h3-8,10-11,13,16,24,29H,9,12H2,1-2H3,(H,30,31). The summed E-state index contributed by atoms with van der Waals surface area (Å²) in [7, 11) is 0. The van der Waals surface area contributed by atoms with Crippen molar-refractivity contribution in [2.24, 2.45) is 10.2 Å². The Balaban J connectivity index is 2.05. The molecule has 3 rings (SSSR count). The molecule has 0 saturated carbocycles. The fraction of sp³-hybridized carbons (Fsp3) is 0.261. The third-order valence-corrected chi connectivity index (χ3v) is 5.18. The minimum absolute atomic E-state index is 0.224. The number of benzene rings is 3. The Morgan fingerprint density at radius 2 is 1.60 bits per heavy atom. The minimum Gasteiger partial charge on any atom is -0.478 e. The smallest absolute Gasteiger partial charge is 0.336 e. The van der Waals surface area contributed by atoms with Gasteiger partial charge in [-0.05, 0) is 17.0 Å². The summed E-state index contributed by atoms with van der Waals surface area (Å²) in [6.45, 7) is 4.37. The van der Waals surface area contributed by atoms with E-state index in [2.05, 4.69) is 15.5 Å². The second-order valence-corrected chi connectivity index (χ2v) is 8.09. The number of carbonyl (C=O) groups is 1. The van der Waals surface area contributed by atoms with Crippen molar-refractivity contribution < 1.29 is 24.9 Å². The van der Waals surface area contributed by atoms with E-state index in [0.717, 1.165) is 10.9 Å². The van der Waals surface area contributed by atoms with E-state index in [1.807, 2.05) is 26.0 Å². The predicted octanol–water partition coefficient (Wildman–Crippen LogP) is 4.67. The van der Waals surface area contributed by atoms with E-state index >= 15 is 0 Å². The Morgan fingerprint density at radius 1 is 1.00 bits per heavy atom. The van der Waals surface area contributed by atoms with E-state index in [4.69, 9.17) is 5.11 Å². The van der Waals surface area contributed by atoms with Gasteiger partial charge in [0.05, 0.1) is 27.2 Å². The zero-order valence-corrected chi connectivity index (χ0v) is 18.9. The molecule has 3 aromatic rings. The molecule has 0 radical (unpaired) electrons. The Labute approximate surface area is 199 Å². The molecule has 12 heteroatoms. The van der Waals surface area contributed by atoms with E-state index in [9.17, 15) is 30.1 Å². The second-order valence-electron chi connectivity index (χ2n) is 8.09. The number of aliphatic hydroxyl groups is 1. The largest absolute Gasteiger partial charge is 0.478 e. The van der Waals surface area contributed by atoms with Crippen LogP contribution in [0.15, 0.2) is 58.8 Å². The first-order valence-corrected chi connectivity index (χ1v) is 10.6. The first-order valence-electron chi connectivity index (χ1n) is 10.6. The lowest BCUT2D eigenvalue weighted by molar-refractivity contribution is -0.392. The molecule has 0 aliphatic heterocycles. The number of azo groups is 1. The number of hydrogen-bond acceptors (Lipinski definition) is 9. The topological polar surface area (TPSA) is 181 Å². The summed E-state index contributed by atoms with van der Waals surface area (Å²) in [6.07, 6.45) is -0.267. The number of carboxylic acid groups (broad SMARTS) is 1. The number of carboxylic acids is 1. The van der Waals surface area contributed by atoms with Crippen molar-refractivity contribution in [2.75, 3.05) is 6.54 Å². The molecule has 0 fully saturated rings. The number of aromatic carboxylic acids is 1. The highest BCUT2D eigenvalue weighted by molar-refractivity contribution is 5.95. The number of aliphatic hydroxyl groups excluding tert-OH is 1. The molecule has 0 saturated heterocycles. The maximum absolute atomic E-state index is 11.5. The summed E-state index contributed by atoms with van der Waals surface area (Å²) in [5.41, 5.74) is -1.81. The van der Waals surface area contributed by atoms with Gasteiger partial charge in [0.2, 0.25) is 5.69 Å². The molecule has 0 aromatic heterocycles. The van der Waals surface area contributed by atoms with Gasteiger partial charge in [-0.15, -0.1) is 10.2 Å². The summed E-state index contributed by atoms with van der Waals surface area (Å²) in [6, 6.07) is 12.1. The van der Waals surface area contributed by atoms with Crippen LogP contribution in [0.2, 0.25) is 0 Å². The molecule has 0 amide bonds. The van der Waals surface area contributed by atoms with Gasteiger partial charge in [0.1, 0.15) is 0 Å². The molecule has 0 aliphatic rings. The van der Waals surface area contributed by atoms with Gasteiger partial charge in [-0.3, -0.25) is 20.2 Å². The molecule has 0 spiro atoms. The molecule has 12 nitrogen and oxygen atoms in total. The Morgan fingerprint density at radius 3 is 2.14 bits per heavy atom. The Hall–Kier alpha value is -4.29. The molecule has 35 heavy (non-hydrogen) atoms. The normalized spacial score (nSPS) is 12.3. The van der Waals surface area contributed by atoms with E-state index in [0.29, 0.717) is 36.2 Å². The highest BCUT2D eigenvalue weighted by Crippen LogP contribution is 2.40. The van der Waals surface area contributed by atoms with Crippen molar-refractivity contribution in [1.29, 1.82) is 0 Å². The van der Waals surface area contributed by atoms with E-state index in [1.165, 1.54) is 0 Å².